The van der Waals surface area contributed by atoms with Crippen LogP contribution in [0.3, 0.4) is 0 Å². The summed E-state index contributed by atoms with van der Waals surface area (Å²) in [6, 6.07) is 30.4. The quantitative estimate of drug-likeness (QED) is 0.176. The van der Waals surface area contributed by atoms with E-state index in [0.29, 0.717) is 29.8 Å². The summed E-state index contributed by atoms with van der Waals surface area (Å²) in [5.74, 6) is -0.936. The Kier molecular flexibility index (Phi) is 10.6. The summed E-state index contributed by atoms with van der Waals surface area (Å²) in [5, 5.41) is 6.95. The molecule has 4 aromatic rings. The highest BCUT2D eigenvalue weighted by Gasteiger charge is 2.50. The Bertz CT molecular complexity index is 1710. The summed E-state index contributed by atoms with van der Waals surface area (Å²) in [6.45, 7) is 9.35. The van der Waals surface area contributed by atoms with Crippen LogP contribution in [0.2, 0.25) is 5.04 Å². The van der Waals surface area contributed by atoms with Gasteiger partial charge in [-0.05, 0) is 47.3 Å². The standard InChI is InChI=1S/C38H43F3N4O3Si/c1-26(2)43-36(47)45-24-28-23-31(35(46)42-25-38(39,40)41)44-34(27-15-9-6-10-16-27)33(28)32(45)21-22-48-49(37(3,4)5,29-17-11-7-12-18-29)30-19-13-8-14-20-30/h6-20,23,26,32H,21-22,24-25H2,1-5H3,(H,42,46)(H,43,47)/t32-/m1/s1. The van der Waals surface area contributed by atoms with Crippen molar-refractivity contribution in [3.05, 3.63) is 114 Å². The van der Waals surface area contributed by atoms with Gasteiger partial charge in [0.05, 0.1) is 11.7 Å². The predicted octanol–water partition coefficient (Wildman–Crippen LogP) is 6.98. The predicted molar refractivity (Wildman–Crippen MR) is 188 cm³/mol. The van der Waals surface area contributed by atoms with E-state index >= 15 is 0 Å². The van der Waals surface area contributed by atoms with Crippen molar-refractivity contribution in [3.63, 3.8) is 0 Å². The number of benzene rings is 3. The van der Waals surface area contributed by atoms with Crippen molar-refractivity contribution in [1.29, 1.82) is 0 Å². The van der Waals surface area contributed by atoms with Crippen molar-refractivity contribution >= 4 is 30.6 Å². The molecule has 1 atom stereocenters. The fraction of sp³-hybridized carbons (Fsp3) is 0.342. The molecule has 5 rings (SSSR count). The first-order valence-electron chi connectivity index (χ1n) is 16.5. The van der Waals surface area contributed by atoms with E-state index in [4.69, 9.17) is 4.43 Å². The summed E-state index contributed by atoms with van der Waals surface area (Å²) in [7, 11) is -2.89. The lowest BCUT2D eigenvalue weighted by Crippen LogP contribution is -2.66. The third-order valence-corrected chi connectivity index (χ3v) is 13.8. The Balaban J connectivity index is 1.58. The Labute approximate surface area is 287 Å². The first kappa shape index (κ1) is 35.8. The van der Waals surface area contributed by atoms with E-state index in [1.54, 1.807) is 4.90 Å². The molecule has 2 heterocycles. The summed E-state index contributed by atoms with van der Waals surface area (Å²) in [6.07, 6.45) is -4.15. The minimum atomic E-state index is -4.57. The van der Waals surface area contributed by atoms with Gasteiger partial charge in [0.25, 0.3) is 14.2 Å². The number of pyridine rings is 1. The maximum Gasteiger partial charge on any atom is 0.405 e. The highest BCUT2D eigenvalue weighted by molar-refractivity contribution is 6.99. The van der Waals surface area contributed by atoms with Crippen molar-refractivity contribution in [2.45, 2.75) is 70.9 Å². The molecule has 1 aliphatic heterocycles. The highest BCUT2D eigenvalue weighted by Crippen LogP contribution is 2.43. The molecule has 3 aromatic carbocycles. The molecule has 0 bridgehead atoms. The third kappa shape index (κ3) is 7.89. The number of hydrogen-bond acceptors (Lipinski definition) is 4. The molecular formula is C38H43F3N4O3Si. The number of fused-ring (bicyclic) bond motifs is 1. The summed E-state index contributed by atoms with van der Waals surface area (Å²) >= 11 is 0. The van der Waals surface area contributed by atoms with Crippen LogP contribution in [-0.4, -0.2) is 55.5 Å². The van der Waals surface area contributed by atoms with Crippen LogP contribution in [0.25, 0.3) is 11.3 Å². The molecule has 2 N–H and O–H groups in total. The van der Waals surface area contributed by atoms with Gasteiger partial charge in [0.2, 0.25) is 0 Å². The zero-order valence-corrected chi connectivity index (χ0v) is 29.5. The van der Waals surface area contributed by atoms with E-state index in [2.05, 4.69) is 55.3 Å². The summed E-state index contributed by atoms with van der Waals surface area (Å²) in [4.78, 5) is 33.1. The van der Waals surface area contributed by atoms with Gasteiger partial charge in [0, 0.05) is 30.3 Å². The first-order valence-corrected chi connectivity index (χ1v) is 18.4. The normalized spacial score (nSPS) is 14.9. The van der Waals surface area contributed by atoms with E-state index < -0.39 is 33.0 Å². The van der Waals surface area contributed by atoms with E-state index in [0.717, 1.165) is 15.9 Å². The molecule has 49 heavy (non-hydrogen) atoms. The van der Waals surface area contributed by atoms with Crippen LogP contribution in [0.1, 0.15) is 68.7 Å². The fourth-order valence-corrected chi connectivity index (χ4v) is 11.3. The minimum absolute atomic E-state index is 0.138. The maximum absolute atomic E-state index is 13.7. The molecule has 0 saturated carbocycles. The Morgan fingerprint density at radius 1 is 0.918 bits per heavy atom. The van der Waals surface area contributed by atoms with Gasteiger partial charge in [-0.15, -0.1) is 0 Å². The van der Waals surface area contributed by atoms with Gasteiger partial charge in [-0.25, -0.2) is 9.78 Å². The number of hydrogen-bond donors (Lipinski definition) is 2. The third-order valence-electron chi connectivity index (χ3n) is 8.72. The highest BCUT2D eigenvalue weighted by atomic mass is 28.4. The zero-order chi connectivity index (χ0) is 35.4. The first-order chi connectivity index (χ1) is 23.2. The number of carbonyl (C=O) groups excluding carboxylic acids is 2. The van der Waals surface area contributed by atoms with Crippen molar-refractivity contribution in [3.8, 4) is 11.3 Å². The number of urea groups is 1. The van der Waals surface area contributed by atoms with Crippen molar-refractivity contribution in [2.24, 2.45) is 0 Å². The number of aromatic nitrogens is 1. The lowest BCUT2D eigenvalue weighted by molar-refractivity contribution is -0.123. The molecule has 0 aliphatic carbocycles. The van der Waals surface area contributed by atoms with Crippen LogP contribution in [-0.2, 0) is 11.0 Å². The number of halogens is 3. The second kappa shape index (κ2) is 14.6. The van der Waals surface area contributed by atoms with Gasteiger partial charge < -0.3 is 20.0 Å². The largest absolute Gasteiger partial charge is 0.407 e. The summed E-state index contributed by atoms with van der Waals surface area (Å²) in [5.41, 5.74) is 2.40. The molecule has 0 spiro atoms. The molecular weight excluding hydrogens is 646 g/mol. The molecule has 1 aliphatic rings. The maximum atomic E-state index is 13.7. The van der Waals surface area contributed by atoms with Crippen LogP contribution >= 0.6 is 0 Å². The Morgan fingerprint density at radius 2 is 1.47 bits per heavy atom. The molecule has 0 fully saturated rings. The second-order valence-electron chi connectivity index (χ2n) is 13.6. The number of nitrogens with one attached hydrogen (secondary N) is 2. The molecule has 0 saturated heterocycles. The van der Waals surface area contributed by atoms with Gasteiger partial charge >= 0.3 is 12.2 Å². The number of carbonyl (C=O) groups is 2. The second-order valence-corrected chi connectivity index (χ2v) is 17.9. The van der Waals surface area contributed by atoms with Gasteiger partial charge in [0.15, 0.2) is 0 Å². The van der Waals surface area contributed by atoms with Gasteiger partial charge in [-0.1, -0.05) is 112 Å². The number of rotatable bonds is 10. The number of alkyl halides is 3. The van der Waals surface area contributed by atoms with E-state index in [9.17, 15) is 22.8 Å². The molecule has 258 valence electrons. The Morgan fingerprint density at radius 3 is 1.98 bits per heavy atom. The van der Waals surface area contributed by atoms with Gasteiger partial charge in [0.1, 0.15) is 12.2 Å². The average Bonchev–Trinajstić information content (AvgIpc) is 3.44. The molecule has 7 nitrogen and oxygen atoms in total. The average molecular weight is 689 g/mol. The Hall–Kier alpha value is -4.48. The van der Waals surface area contributed by atoms with Gasteiger partial charge in [-0.3, -0.25) is 4.79 Å². The minimum Gasteiger partial charge on any atom is -0.407 e. The van der Waals surface area contributed by atoms with Crippen LogP contribution in [0.4, 0.5) is 18.0 Å². The fourth-order valence-electron chi connectivity index (χ4n) is 6.69. The number of amides is 3. The zero-order valence-electron chi connectivity index (χ0n) is 28.5. The van der Waals surface area contributed by atoms with Crippen LogP contribution in [0.15, 0.2) is 97.1 Å². The summed E-state index contributed by atoms with van der Waals surface area (Å²) < 4.78 is 46.2. The lowest BCUT2D eigenvalue weighted by atomic mass is 9.95. The molecule has 3 amide bonds. The van der Waals surface area contributed by atoms with Crippen LogP contribution in [0, 0.1) is 0 Å². The van der Waals surface area contributed by atoms with Gasteiger partial charge in [-0.2, -0.15) is 13.2 Å². The van der Waals surface area contributed by atoms with E-state index in [-0.39, 0.29) is 29.3 Å². The van der Waals surface area contributed by atoms with E-state index in [1.807, 2.05) is 85.9 Å². The monoisotopic (exact) mass is 688 g/mol. The van der Waals surface area contributed by atoms with Crippen LogP contribution in [0.5, 0.6) is 0 Å². The molecule has 11 heteroatoms. The smallest absolute Gasteiger partial charge is 0.405 e. The van der Waals surface area contributed by atoms with Crippen molar-refractivity contribution in [2.75, 3.05) is 13.2 Å². The SMILES string of the molecule is CC(C)NC(=O)N1Cc2cc(C(=O)NCC(F)(F)F)nc(-c3ccccc3)c2[C@H]1CCO[Si](c1ccccc1)(c1ccccc1)C(C)(C)C. The lowest BCUT2D eigenvalue weighted by Gasteiger charge is -2.43. The van der Waals surface area contributed by atoms with Crippen LogP contribution < -0.4 is 21.0 Å². The van der Waals surface area contributed by atoms with Crippen molar-refractivity contribution in [1.82, 2.24) is 20.5 Å². The molecule has 0 radical (unpaired) electrons. The molecule has 1 aromatic heterocycles. The van der Waals surface area contributed by atoms with E-state index in [1.165, 1.54) is 6.07 Å². The topological polar surface area (TPSA) is 83.6 Å². The van der Waals surface area contributed by atoms with Crippen molar-refractivity contribution < 1.29 is 27.2 Å². The number of nitrogens with zero attached hydrogens (tertiary/aromatic N) is 2. The molecule has 0 unspecified atom stereocenters.